The Balaban J connectivity index is 1.68. The average molecular weight is 491 g/mol. The summed E-state index contributed by atoms with van der Waals surface area (Å²) in [5, 5.41) is 13.0. The Labute approximate surface area is 197 Å². The number of carbonyl (C=O) groups excluding carboxylic acids is 1. The van der Waals surface area contributed by atoms with Crippen LogP contribution in [0.4, 0.5) is 11.4 Å². The second-order valence-corrected chi connectivity index (χ2v) is 9.21. The largest absolute Gasteiger partial charge is 0.506 e. The molecular weight excluding hydrogens is 468 g/mol. The molecule has 0 radical (unpaired) electrons. The van der Waals surface area contributed by atoms with Gasteiger partial charge in [0.1, 0.15) is 17.6 Å². The molecule has 3 rings (SSSR count). The predicted molar refractivity (Wildman–Crippen MR) is 126 cm³/mol. The third kappa shape index (κ3) is 6.61. The summed E-state index contributed by atoms with van der Waals surface area (Å²) in [4.78, 5) is 12.4. The van der Waals surface area contributed by atoms with Crippen molar-refractivity contribution in [3.05, 3.63) is 77.3 Å². The first kappa shape index (κ1) is 24.4. The molecule has 10 heteroatoms. The molecule has 0 saturated heterocycles. The van der Waals surface area contributed by atoms with Crippen molar-refractivity contribution >= 4 is 38.9 Å². The maximum absolute atomic E-state index is 12.7. The summed E-state index contributed by atoms with van der Waals surface area (Å²) in [5.74, 6) is -0.168. The van der Waals surface area contributed by atoms with E-state index in [0.717, 1.165) is 11.6 Å². The minimum absolute atomic E-state index is 0.0641. The molecule has 0 spiro atoms. The molecule has 1 atom stereocenters. The third-order valence-electron chi connectivity index (χ3n) is 4.62. The smallest absolute Gasteiger partial charge is 0.261 e. The molecule has 1 amide bonds. The van der Waals surface area contributed by atoms with E-state index in [4.69, 9.17) is 21.1 Å². The normalized spacial score (nSPS) is 12.1. The van der Waals surface area contributed by atoms with E-state index in [0.29, 0.717) is 10.8 Å². The summed E-state index contributed by atoms with van der Waals surface area (Å²) in [6.45, 7) is 1.71. The van der Waals surface area contributed by atoms with Gasteiger partial charge in [-0.15, -0.1) is 0 Å². The summed E-state index contributed by atoms with van der Waals surface area (Å²) >= 11 is 5.90. The molecule has 0 saturated carbocycles. The van der Waals surface area contributed by atoms with Crippen LogP contribution in [-0.4, -0.2) is 32.6 Å². The Morgan fingerprint density at radius 1 is 1.09 bits per heavy atom. The maximum atomic E-state index is 12.7. The van der Waals surface area contributed by atoms with E-state index in [9.17, 15) is 18.3 Å². The lowest BCUT2D eigenvalue weighted by Gasteiger charge is -2.15. The number of nitrogens with one attached hydrogen (secondary N) is 2. The highest BCUT2D eigenvalue weighted by Crippen LogP contribution is 2.28. The topological polar surface area (TPSA) is 114 Å². The van der Waals surface area contributed by atoms with Crippen molar-refractivity contribution in [1.29, 1.82) is 0 Å². The van der Waals surface area contributed by atoms with Crippen LogP contribution in [0, 0.1) is 0 Å². The highest BCUT2D eigenvalue weighted by atomic mass is 35.5. The van der Waals surface area contributed by atoms with E-state index < -0.39 is 22.0 Å². The number of halogens is 1. The molecule has 0 heterocycles. The molecule has 0 fully saturated rings. The standard InChI is InChI=1S/C23H23ClN2O6S/c1-15(32-14-16-5-3-8-19(11-16)31-2)23(28)25-21-13-20(9-10-22(21)27)33(29,30)26-18-7-4-6-17(24)12-18/h3-13,15,26-27H,14H2,1-2H3,(H,25,28). The van der Waals surface area contributed by atoms with Gasteiger partial charge in [-0.05, 0) is 61.0 Å². The molecule has 33 heavy (non-hydrogen) atoms. The van der Waals surface area contributed by atoms with Crippen LogP contribution in [0.5, 0.6) is 11.5 Å². The van der Waals surface area contributed by atoms with Crippen molar-refractivity contribution in [3.63, 3.8) is 0 Å². The van der Waals surface area contributed by atoms with Crippen molar-refractivity contribution in [3.8, 4) is 11.5 Å². The summed E-state index contributed by atoms with van der Waals surface area (Å²) < 4.78 is 38.6. The minimum atomic E-state index is -3.99. The number of aromatic hydroxyl groups is 1. The highest BCUT2D eigenvalue weighted by molar-refractivity contribution is 7.92. The Kier molecular flexibility index (Phi) is 7.80. The number of methoxy groups -OCH3 is 1. The van der Waals surface area contributed by atoms with Gasteiger partial charge in [-0.1, -0.05) is 29.8 Å². The zero-order valence-electron chi connectivity index (χ0n) is 17.9. The van der Waals surface area contributed by atoms with Crippen molar-refractivity contribution in [2.75, 3.05) is 17.1 Å². The van der Waals surface area contributed by atoms with Crippen LogP contribution in [0.2, 0.25) is 5.02 Å². The van der Waals surface area contributed by atoms with Crippen LogP contribution < -0.4 is 14.8 Å². The molecule has 1 unspecified atom stereocenters. The van der Waals surface area contributed by atoms with Gasteiger partial charge < -0.3 is 19.9 Å². The Bertz CT molecular complexity index is 1250. The van der Waals surface area contributed by atoms with Crippen LogP contribution in [0.15, 0.2) is 71.6 Å². The van der Waals surface area contributed by atoms with Crippen molar-refractivity contribution in [2.24, 2.45) is 0 Å². The quantitative estimate of drug-likeness (QED) is 0.383. The van der Waals surface area contributed by atoms with Gasteiger partial charge in [0.2, 0.25) is 0 Å². The highest BCUT2D eigenvalue weighted by Gasteiger charge is 2.20. The first-order valence-electron chi connectivity index (χ1n) is 9.85. The first-order valence-corrected chi connectivity index (χ1v) is 11.7. The lowest BCUT2D eigenvalue weighted by molar-refractivity contribution is -0.127. The third-order valence-corrected chi connectivity index (χ3v) is 6.23. The van der Waals surface area contributed by atoms with Crippen LogP contribution in [0.25, 0.3) is 0 Å². The van der Waals surface area contributed by atoms with Crippen molar-refractivity contribution < 1.29 is 27.8 Å². The number of benzene rings is 3. The average Bonchev–Trinajstić information content (AvgIpc) is 2.78. The number of anilines is 2. The Morgan fingerprint density at radius 2 is 1.85 bits per heavy atom. The molecule has 3 aromatic carbocycles. The number of phenolic OH excluding ortho intramolecular Hbond substituents is 1. The number of amides is 1. The fourth-order valence-corrected chi connectivity index (χ4v) is 4.11. The molecule has 0 aliphatic rings. The van der Waals surface area contributed by atoms with Crippen LogP contribution in [0.3, 0.4) is 0 Å². The Morgan fingerprint density at radius 3 is 2.58 bits per heavy atom. The number of ether oxygens (including phenoxy) is 2. The monoisotopic (exact) mass is 490 g/mol. The summed E-state index contributed by atoms with van der Waals surface area (Å²) in [6.07, 6.45) is -0.875. The van der Waals surface area contributed by atoms with E-state index in [1.807, 2.05) is 12.1 Å². The molecule has 0 aliphatic heterocycles. The van der Waals surface area contributed by atoms with Gasteiger partial charge in [0, 0.05) is 5.02 Å². The second-order valence-electron chi connectivity index (χ2n) is 7.09. The van der Waals surface area contributed by atoms with E-state index in [2.05, 4.69) is 10.0 Å². The molecule has 0 aromatic heterocycles. The second kappa shape index (κ2) is 10.6. The molecule has 0 aliphatic carbocycles. The number of phenols is 1. The SMILES string of the molecule is COc1cccc(COC(C)C(=O)Nc2cc(S(=O)(=O)Nc3cccc(Cl)c3)ccc2O)c1. The van der Waals surface area contributed by atoms with Gasteiger partial charge in [-0.3, -0.25) is 9.52 Å². The summed E-state index contributed by atoms with van der Waals surface area (Å²) in [6, 6.07) is 17.0. The predicted octanol–water partition coefficient (Wildman–Crippen LogP) is 4.40. The zero-order chi connectivity index (χ0) is 24.0. The van der Waals surface area contributed by atoms with Gasteiger partial charge in [0.15, 0.2) is 0 Å². The number of rotatable bonds is 9. The van der Waals surface area contributed by atoms with Crippen molar-refractivity contribution in [2.45, 2.75) is 24.5 Å². The van der Waals surface area contributed by atoms with Crippen molar-refractivity contribution in [1.82, 2.24) is 0 Å². The maximum Gasteiger partial charge on any atom is 0.261 e. The number of carbonyl (C=O) groups is 1. The number of hydrogen-bond acceptors (Lipinski definition) is 6. The first-order chi connectivity index (χ1) is 15.7. The van der Waals surface area contributed by atoms with Crippen LogP contribution >= 0.6 is 11.6 Å². The van der Waals surface area contributed by atoms with Gasteiger partial charge >= 0.3 is 0 Å². The van der Waals surface area contributed by atoms with Gasteiger partial charge in [0.05, 0.1) is 30.0 Å². The summed E-state index contributed by atoms with van der Waals surface area (Å²) in [5.41, 5.74) is 1.03. The van der Waals surface area contributed by atoms with Gasteiger partial charge in [-0.25, -0.2) is 8.42 Å². The van der Waals surface area contributed by atoms with E-state index >= 15 is 0 Å². The lowest BCUT2D eigenvalue weighted by atomic mass is 10.2. The van der Waals surface area contributed by atoms with E-state index in [1.54, 1.807) is 44.4 Å². The van der Waals surface area contributed by atoms with Crippen LogP contribution in [-0.2, 0) is 26.2 Å². The molecule has 174 valence electrons. The minimum Gasteiger partial charge on any atom is -0.506 e. The number of hydrogen-bond donors (Lipinski definition) is 3. The molecule has 8 nitrogen and oxygen atoms in total. The fraction of sp³-hybridized carbons (Fsp3) is 0.174. The molecule has 3 N–H and O–H groups in total. The lowest BCUT2D eigenvalue weighted by Crippen LogP contribution is -2.27. The molecule has 3 aromatic rings. The number of sulfonamides is 1. The van der Waals surface area contributed by atoms with Gasteiger partial charge in [-0.2, -0.15) is 0 Å². The van der Waals surface area contributed by atoms with E-state index in [1.165, 1.54) is 18.2 Å². The Hall–Kier alpha value is -3.27. The zero-order valence-corrected chi connectivity index (χ0v) is 19.5. The molecule has 0 bridgehead atoms. The van der Waals surface area contributed by atoms with Gasteiger partial charge in [0.25, 0.3) is 15.9 Å². The van der Waals surface area contributed by atoms with Crippen LogP contribution in [0.1, 0.15) is 12.5 Å². The molecular formula is C23H23ClN2O6S. The van der Waals surface area contributed by atoms with E-state index in [-0.39, 0.29) is 28.6 Å². The summed E-state index contributed by atoms with van der Waals surface area (Å²) in [7, 11) is -2.44. The fourth-order valence-electron chi connectivity index (χ4n) is 2.84.